The number of rotatable bonds is 3. The van der Waals surface area contributed by atoms with Crippen molar-refractivity contribution in [3.63, 3.8) is 0 Å². The third kappa shape index (κ3) is 3.01. The predicted molar refractivity (Wildman–Crippen MR) is 171 cm³/mol. The maximum atomic E-state index is 2.44. The molecule has 0 fully saturated rings. The second-order valence-electron chi connectivity index (χ2n) is 10.4. The first-order valence-electron chi connectivity index (χ1n) is 13.6. The maximum absolute atomic E-state index is 2.44. The number of nitrogens with zero attached hydrogens (tertiary/aromatic N) is 2. The Morgan fingerprint density at radius 2 is 1.27 bits per heavy atom. The summed E-state index contributed by atoms with van der Waals surface area (Å²) in [7, 11) is 0. The van der Waals surface area contributed by atoms with Gasteiger partial charge in [0, 0.05) is 54.7 Å². The van der Waals surface area contributed by atoms with Gasteiger partial charge >= 0.3 is 0 Å². The molecule has 0 amide bonds. The average molecular weight is 528 g/mol. The van der Waals surface area contributed by atoms with Crippen LogP contribution in [-0.4, -0.2) is 10.3 Å². The van der Waals surface area contributed by atoms with Crippen molar-refractivity contribution >= 4 is 70.4 Å². The van der Waals surface area contributed by atoms with Crippen molar-refractivity contribution in [1.29, 1.82) is 0 Å². The van der Waals surface area contributed by atoms with Gasteiger partial charge in [-0.3, -0.25) is 0 Å². The molecule has 0 aliphatic carbocycles. The molecule has 0 N–H and O–H groups in total. The van der Waals surface area contributed by atoms with Crippen LogP contribution in [0.3, 0.4) is 0 Å². The van der Waals surface area contributed by atoms with Crippen LogP contribution >= 0.6 is 11.3 Å². The molecule has 40 heavy (non-hydrogen) atoms. The minimum atomic E-state index is 1.17. The van der Waals surface area contributed by atoms with Crippen molar-refractivity contribution in [3.8, 4) is 5.69 Å². The number of hydrogen-bond acceptors (Lipinski definition) is 1. The van der Waals surface area contributed by atoms with E-state index in [1.807, 2.05) is 11.3 Å². The summed E-state index contributed by atoms with van der Waals surface area (Å²) >= 11 is 1.88. The molecule has 0 radical (unpaired) electrons. The normalized spacial score (nSPS) is 12.9. The van der Waals surface area contributed by atoms with Gasteiger partial charge < -0.3 is 4.57 Å². The van der Waals surface area contributed by atoms with Crippen LogP contribution in [0, 0.1) is 0 Å². The van der Waals surface area contributed by atoms with Crippen LogP contribution in [0.4, 0.5) is 11.4 Å². The molecule has 2 nitrogen and oxygen atoms in total. The van der Waals surface area contributed by atoms with Gasteiger partial charge in [-0.25, -0.2) is 0 Å². The topological polar surface area (TPSA) is 7.94 Å². The van der Waals surface area contributed by atoms with Crippen molar-refractivity contribution in [2.75, 3.05) is 0 Å². The zero-order valence-electron chi connectivity index (χ0n) is 21.6. The van der Waals surface area contributed by atoms with E-state index in [1.54, 1.807) is 0 Å². The van der Waals surface area contributed by atoms with Crippen molar-refractivity contribution in [1.82, 2.24) is 9.14 Å². The average Bonchev–Trinajstić information content (AvgIpc) is 3.52. The van der Waals surface area contributed by atoms with E-state index in [-0.39, 0.29) is 0 Å². The molecule has 1 aliphatic rings. The molecule has 0 saturated heterocycles. The Bertz CT molecular complexity index is 2320. The lowest BCUT2D eigenvalue weighted by Gasteiger charge is -2.20. The Hall–Kier alpha value is -4.99. The zero-order chi connectivity index (χ0) is 26.2. The molecule has 0 unspecified atom stereocenters. The van der Waals surface area contributed by atoms with E-state index in [9.17, 15) is 0 Å². The van der Waals surface area contributed by atoms with Gasteiger partial charge in [-0.2, -0.15) is 4.58 Å². The van der Waals surface area contributed by atoms with Gasteiger partial charge in [0.05, 0.1) is 16.7 Å². The quantitative estimate of drug-likeness (QED) is 0.202. The SMILES string of the molecule is c1ccc(C2=[N+](c3cccc(-n4c5ccccc5c5cc6sc7ccccc7c6cc54)c3)c3ccccc32)cc1. The number of hydrogen-bond donors (Lipinski definition) is 0. The highest BCUT2D eigenvalue weighted by molar-refractivity contribution is 7.25. The highest BCUT2D eigenvalue weighted by Gasteiger charge is 2.38. The van der Waals surface area contributed by atoms with Crippen LogP contribution in [-0.2, 0) is 0 Å². The third-order valence-corrected chi connectivity index (χ3v) is 9.32. The summed E-state index contributed by atoms with van der Waals surface area (Å²) in [5.74, 6) is 0. The molecule has 3 heteroatoms. The van der Waals surface area contributed by atoms with Crippen LogP contribution < -0.4 is 4.58 Å². The molecular weight excluding hydrogens is 504 g/mol. The van der Waals surface area contributed by atoms with Gasteiger partial charge in [0.25, 0.3) is 0 Å². The molecular formula is C37H23N2S+. The summed E-state index contributed by atoms with van der Waals surface area (Å²) in [5.41, 5.74) is 9.83. The van der Waals surface area contributed by atoms with Gasteiger partial charge in [0.2, 0.25) is 17.1 Å². The molecule has 1 aliphatic heterocycles. The van der Waals surface area contributed by atoms with E-state index in [1.165, 1.54) is 75.9 Å². The van der Waals surface area contributed by atoms with Gasteiger partial charge in [-0.1, -0.05) is 72.8 Å². The highest BCUT2D eigenvalue weighted by Crippen LogP contribution is 2.42. The van der Waals surface area contributed by atoms with Gasteiger partial charge in [-0.15, -0.1) is 11.3 Å². The number of thiophene rings is 1. The largest absolute Gasteiger partial charge is 0.309 e. The third-order valence-electron chi connectivity index (χ3n) is 8.19. The van der Waals surface area contributed by atoms with Crippen molar-refractivity contribution in [2.45, 2.75) is 0 Å². The molecule has 0 atom stereocenters. The second-order valence-corrected chi connectivity index (χ2v) is 11.5. The summed E-state index contributed by atoms with van der Waals surface area (Å²) in [6.45, 7) is 0. The molecule has 2 aromatic heterocycles. The van der Waals surface area contributed by atoms with Crippen molar-refractivity contribution < 1.29 is 0 Å². The Morgan fingerprint density at radius 1 is 0.500 bits per heavy atom. The first-order chi connectivity index (χ1) is 19.8. The maximum Gasteiger partial charge on any atom is 0.232 e. The minimum Gasteiger partial charge on any atom is -0.309 e. The van der Waals surface area contributed by atoms with E-state index >= 15 is 0 Å². The van der Waals surface area contributed by atoms with Crippen molar-refractivity contribution in [2.24, 2.45) is 0 Å². The van der Waals surface area contributed by atoms with Crippen LogP contribution in [0.15, 0.2) is 140 Å². The molecule has 3 heterocycles. The summed E-state index contributed by atoms with van der Waals surface area (Å²) in [5, 5.41) is 5.23. The summed E-state index contributed by atoms with van der Waals surface area (Å²) in [4.78, 5) is 0. The summed E-state index contributed by atoms with van der Waals surface area (Å²) in [6.07, 6.45) is 0. The van der Waals surface area contributed by atoms with E-state index in [2.05, 4.69) is 149 Å². The number of fused-ring (bicyclic) bond motifs is 7. The molecule has 6 aromatic carbocycles. The lowest BCUT2D eigenvalue weighted by Crippen LogP contribution is -2.29. The van der Waals surface area contributed by atoms with E-state index < -0.39 is 0 Å². The van der Waals surface area contributed by atoms with E-state index in [4.69, 9.17) is 0 Å². The molecule has 0 bridgehead atoms. The Labute approximate surface area is 235 Å². The van der Waals surface area contributed by atoms with Gasteiger partial charge in [-0.05, 0) is 48.5 Å². The fourth-order valence-corrected chi connectivity index (χ4v) is 7.57. The molecule has 0 saturated carbocycles. The molecule has 8 aromatic rings. The predicted octanol–water partition coefficient (Wildman–Crippen LogP) is 9.84. The Balaban J connectivity index is 1.32. The van der Waals surface area contributed by atoms with E-state index in [0.717, 1.165) is 0 Å². The summed E-state index contributed by atoms with van der Waals surface area (Å²) < 4.78 is 7.51. The first kappa shape index (κ1) is 21.9. The fraction of sp³-hybridized carbons (Fsp3) is 0. The molecule has 186 valence electrons. The lowest BCUT2D eigenvalue weighted by molar-refractivity contribution is 1.02. The minimum absolute atomic E-state index is 1.17. The van der Waals surface area contributed by atoms with Crippen molar-refractivity contribution in [3.05, 3.63) is 151 Å². The van der Waals surface area contributed by atoms with Crippen LogP contribution in [0.25, 0.3) is 47.7 Å². The van der Waals surface area contributed by atoms with Gasteiger partial charge in [0.15, 0.2) is 0 Å². The Morgan fingerprint density at radius 3 is 2.20 bits per heavy atom. The number of aromatic nitrogens is 1. The number of benzene rings is 6. The fourth-order valence-electron chi connectivity index (χ4n) is 6.44. The second kappa shape index (κ2) is 8.25. The summed E-state index contributed by atoms with van der Waals surface area (Å²) in [6, 6.07) is 50.7. The van der Waals surface area contributed by atoms with E-state index in [0.29, 0.717) is 0 Å². The standard InChI is InChI=1S/C37H23N2S/c1-2-11-24(12-3-1)37-29-17-5-8-19-33(29)39(37)26-14-10-13-25(21-26)38-32-18-7-4-15-27(32)30-23-36-31(22-34(30)38)28-16-6-9-20-35(28)40-36/h1-23H/q+1. The van der Waals surface area contributed by atoms with Gasteiger partial charge in [0.1, 0.15) is 5.56 Å². The highest BCUT2D eigenvalue weighted by atomic mass is 32.1. The first-order valence-corrected chi connectivity index (χ1v) is 14.4. The van der Waals surface area contributed by atoms with Crippen LogP contribution in [0.5, 0.6) is 0 Å². The zero-order valence-corrected chi connectivity index (χ0v) is 22.4. The lowest BCUT2D eigenvalue weighted by atomic mass is 9.93. The Kier molecular flexibility index (Phi) is 4.52. The molecule has 0 spiro atoms. The monoisotopic (exact) mass is 527 g/mol. The number of para-hydroxylation sites is 2. The van der Waals surface area contributed by atoms with Crippen LogP contribution in [0.1, 0.15) is 11.1 Å². The van der Waals surface area contributed by atoms with Crippen LogP contribution in [0.2, 0.25) is 0 Å². The molecule has 9 rings (SSSR count). The smallest absolute Gasteiger partial charge is 0.232 e.